The number of rotatable bonds is 4. The molecule has 1 heterocycles. The second kappa shape index (κ2) is 6.51. The van der Waals surface area contributed by atoms with Gasteiger partial charge in [-0.1, -0.05) is 30.3 Å². The number of amides is 2. The summed E-state index contributed by atoms with van der Waals surface area (Å²) in [6.07, 6.45) is 3.15. The number of aromatic nitrogens is 1. The number of urea groups is 1. The number of nitrogens with one attached hydrogen (secondary N) is 2. The number of anilines is 1. The van der Waals surface area contributed by atoms with Gasteiger partial charge >= 0.3 is 12.0 Å². The average molecular weight is 285 g/mol. The monoisotopic (exact) mass is 285 g/mol. The van der Waals surface area contributed by atoms with Gasteiger partial charge < -0.3 is 15.7 Å². The van der Waals surface area contributed by atoms with Gasteiger partial charge in [0.2, 0.25) is 0 Å². The van der Waals surface area contributed by atoms with Gasteiger partial charge in [0.15, 0.2) is 6.04 Å². The molecular weight excluding hydrogens is 270 g/mol. The van der Waals surface area contributed by atoms with E-state index in [9.17, 15) is 14.7 Å². The van der Waals surface area contributed by atoms with Crippen LogP contribution in [0.3, 0.4) is 0 Å². The van der Waals surface area contributed by atoms with Gasteiger partial charge in [-0.05, 0) is 24.1 Å². The maximum atomic E-state index is 11.9. The van der Waals surface area contributed by atoms with E-state index in [1.165, 1.54) is 6.20 Å². The molecule has 0 saturated heterocycles. The highest BCUT2D eigenvalue weighted by atomic mass is 16.4. The van der Waals surface area contributed by atoms with Crippen LogP contribution in [0.4, 0.5) is 10.5 Å². The van der Waals surface area contributed by atoms with E-state index in [0.717, 1.165) is 5.56 Å². The minimum absolute atomic E-state index is 0.502. The van der Waals surface area contributed by atoms with Crippen molar-refractivity contribution in [2.45, 2.75) is 13.0 Å². The molecule has 1 unspecified atom stereocenters. The summed E-state index contributed by atoms with van der Waals surface area (Å²) in [5.74, 6) is -1.13. The smallest absolute Gasteiger partial charge is 0.330 e. The minimum atomic E-state index is -1.13. The molecule has 21 heavy (non-hydrogen) atoms. The van der Waals surface area contributed by atoms with E-state index in [4.69, 9.17) is 0 Å². The number of carboxylic acid groups (broad SMARTS) is 1. The molecule has 0 aliphatic rings. The molecule has 0 aliphatic heterocycles. The zero-order valence-corrected chi connectivity index (χ0v) is 11.4. The zero-order chi connectivity index (χ0) is 15.2. The number of carbonyl (C=O) groups is 2. The van der Waals surface area contributed by atoms with E-state index in [0.29, 0.717) is 11.3 Å². The average Bonchev–Trinajstić information content (AvgIpc) is 2.45. The highest BCUT2D eigenvalue weighted by molar-refractivity contribution is 5.92. The number of carbonyl (C=O) groups excluding carboxylic acids is 1. The van der Waals surface area contributed by atoms with Gasteiger partial charge in [-0.2, -0.15) is 0 Å². The number of aliphatic carboxylic acids is 1. The quantitative estimate of drug-likeness (QED) is 0.804. The largest absolute Gasteiger partial charge is 0.479 e. The van der Waals surface area contributed by atoms with Crippen molar-refractivity contribution in [1.82, 2.24) is 10.3 Å². The number of hydrogen-bond acceptors (Lipinski definition) is 3. The van der Waals surface area contributed by atoms with E-state index in [1.807, 2.05) is 6.92 Å². The van der Waals surface area contributed by atoms with Crippen LogP contribution < -0.4 is 10.6 Å². The number of aryl methyl sites for hydroxylation is 1. The van der Waals surface area contributed by atoms with E-state index in [2.05, 4.69) is 15.6 Å². The van der Waals surface area contributed by atoms with Crippen molar-refractivity contribution in [2.75, 3.05) is 5.32 Å². The van der Waals surface area contributed by atoms with Crippen molar-refractivity contribution in [3.8, 4) is 0 Å². The summed E-state index contributed by atoms with van der Waals surface area (Å²) in [5.41, 5.74) is 1.90. The number of nitrogens with zero attached hydrogens (tertiary/aromatic N) is 1. The van der Waals surface area contributed by atoms with E-state index in [1.54, 1.807) is 42.6 Å². The summed E-state index contributed by atoms with van der Waals surface area (Å²) in [4.78, 5) is 27.1. The Bertz CT molecular complexity index is 644. The molecule has 2 rings (SSSR count). The first-order chi connectivity index (χ1) is 10.1. The van der Waals surface area contributed by atoms with E-state index >= 15 is 0 Å². The Kier molecular flexibility index (Phi) is 4.50. The molecule has 0 saturated carbocycles. The summed E-state index contributed by atoms with van der Waals surface area (Å²) in [6.45, 7) is 1.85. The van der Waals surface area contributed by atoms with Crippen LogP contribution in [-0.2, 0) is 4.79 Å². The summed E-state index contributed by atoms with van der Waals surface area (Å²) in [7, 11) is 0. The summed E-state index contributed by atoms with van der Waals surface area (Å²) >= 11 is 0. The summed E-state index contributed by atoms with van der Waals surface area (Å²) in [6, 6.07) is 8.54. The predicted molar refractivity (Wildman–Crippen MR) is 77.9 cm³/mol. The predicted octanol–water partition coefficient (Wildman–Crippen LogP) is 2.34. The van der Waals surface area contributed by atoms with Crippen LogP contribution in [0, 0.1) is 6.92 Å². The van der Waals surface area contributed by atoms with Crippen molar-refractivity contribution < 1.29 is 14.7 Å². The molecule has 0 fully saturated rings. The van der Waals surface area contributed by atoms with Gasteiger partial charge in [0.1, 0.15) is 0 Å². The van der Waals surface area contributed by atoms with Crippen LogP contribution in [0.1, 0.15) is 17.2 Å². The molecule has 2 amide bonds. The molecule has 0 spiro atoms. The van der Waals surface area contributed by atoms with Crippen LogP contribution in [0.15, 0.2) is 48.8 Å². The first-order valence-corrected chi connectivity index (χ1v) is 6.33. The second-order valence-electron chi connectivity index (χ2n) is 4.53. The highest BCUT2D eigenvalue weighted by Gasteiger charge is 2.21. The van der Waals surface area contributed by atoms with Crippen molar-refractivity contribution in [3.63, 3.8) is 0 Å². The molecule has 0 bridgehead atoms. The fourth-order valence-electron chi connectivity index (χ4n) is 1.85. The van der Waals surface area contributed by atoms with Crippen LogP contribution in [0.25, 0.3) is 0 Å². The minimum Gasteiger partial charge on any atom is -0.479 e. The molecule has 2 aromatic rings. The van der Waals surface area contributed by atoms with E-state index < -0.39 is 18.0 Å². The fourth-order valence-corrected chi connectivity index (χ4v) is 1.85. The van der Waals surface area contributed by atoms with Crippen LogP contribution >= 0.6 is 0 Å². The Hall–Kier alpha value is -2.89. The maximum Gasteiger partial charge on any atom is 0.330 e. The van der Waals surface area contributed by atoms with Crippen molar-refractivity contribution in [1.29, 1.82) is 0 Å². The van der Waals surface area contributed by atoms with Crippen molar-refractivity contribution in [2.24, 2.45) is 0 Å². The number of hydrogen-bond donors (Lipinski definition) is 3. The zero-order valence-electron chi connectivity index (χ0n) is 11.4. The van der Waals surface area contributed by atoms with Gasteiger partial charge in [0.25, 0.3) is 0 Å². The summed E-state index contributed by atoms with van der Waals surface area (Å²) in [5, 5.41) is 14.2. The van der Waals surface area contributed by atoms with Gasteiger partial charge in [-0.25, -0.2) is 9.59 Å². The van der Waals surface area contributed by atoms with Crippen LogP contribution in [0.5, 0.6) is 0 Å². The molecule has 1 aromatic heterocycles. The maximum absolute atomic E-state index is 11.9. The molecule has 6 nitrogen and oxygen atoms in total. The normalized spacial score (nSPS) is 11.5. The Morgan fingerprint density at radius 2 is 1.90 bits per heavy atom. The Morgan fingerprint density at radius 1 is 1.19 bits per heavy atom. The van der Waals surface area contributed by atoms with Gasteiger partial charge in [0.05, 0.1) is 11.9 Å². The Morgan fingerprint density at radius 3 is 2.52 bits per heavy atom. The van der Waals surface area contributed by atoms with Gasteiger partial charge in [-0.3, -0.25) is 4.98 Å². The third kappa shape index (κ3) is 4.04. The molecule has 3 N–H and O–H groups in total. The number of pyridine rings is 1. The van der Waals surface area contributed by atoms with Gasteiger partial charge in [-0.15, -0.1) is 0 Å². The standard InChI is InChI=1S/C15H15N3O3/c1-10-7-12(9-16-8-10)17-15(21)18-13(14(19)20)11-5-3-2-4-6-11/h2-9,13H,1H3,(H,19,20)(H2,17,18,21). The van der Waals surface area contributed by atoms with Crippen LogP contribution in [-0.4, -0.2) is 22.1 Å². The molecule has 0 aliphatic carbocycles. The lowest BCUT2D eigenvalue weighted by molar-refractivity contribution is -0.139. The number of benzene rings is 1. The second-order valence-corrected chi connectivity index (χ2v) is 4.53. The third-order valence-electron chi connectivity index (χ3n) is 2.79. The van der Waals surface area contributed by atoms with Gasteiger partial charge in [0, 0.05) is 6.20 Å². The fraction of sp³-hybridized carbons (Fsp3) is 0.133. The van der Waals surface area contributed by atoms with E-state index in [-0.39, 0.29) is 0 Å². The molecule has 108 valence electrons. The lowest BCUT2D eigenvalue weighted by Gasteiger charge is -2.15. The Balaban J connectivity index is 2.07. The lowest BCUT2D eigenvalue weighted by Crippen LogP contribution is -2.36. The molecule has 6 heteroatoms. The topological polar surface area (TPSA) is 91.3 Å². The first-order valence-electron chi connectivity index (χ1n) is 6.33. The lowest BCUT2D eigenvalue weighted by atomic mass is 10.1. The SMILES string of the molecule is Cc1cncc(NC(=O)NC(C(=O)O)c2ccccc2)c1. The molecular formula is C15H15N3O3. The molecule has 0 radical (unpaired) electrons. The molecule has 1 aromatic carbocycles. The van der Waals surface area contributed by atoms with Crippen LogP contribution in [0.2, 0.25) is 0 Å². The highest BCUT2D eigenvalue weighted by Crippen LogP contribution is 2.13. The number of carboxylic acids is 1. The first kappa shape index (κ1) is 14.5. The third-order valence-corrected chi connectivity index (χ3v) is 2.79. The molecule has 1 atom stereocenters. The summed E-state index contributed by atoms with van der Waals surface area (Å²) < 4.78 is 0. The van der Waals surface area contributed by atoms with Crippen molar-refractivity contribution >= 4 is 17.7 Å². The van der Waals surface area contributed by atoms with Crippen molar-refractivity contribution in [3.05, 3.63) is 59.9 Å². The Labute approximate surface area is 121 Å².